The summed E-state index contributed by atoms with van der Waals surface area (Å²) in [4.78, 5) is 8.90. The molecule has 2 aromatic carbocycles. The van der Waals surface area contributed by atoms with E-state index in [4.69, 9.17) is 4.74 Å². The average molecular weight is 491 g/mol. The summed E-state index contributed by atoms with van der Waals surface area (Å²) in [5, 5.41) is 7.22. The van der Waals surface area contributed by atoms with E-state index in [2.05, 4.69) is 25.1 Å². The molecule has 0 bridgehead atoms. The van der Waals surface area contributed by atoms with Crippen LogP contribution in [0.2, 0.25) is 0 Å². The van der Waals surface area contributed by atoms with E-state index in [0.717, 1.165) is 29.8 Å². The largest absolute Gasteiger partial charge is 0.439 e. The van der Waals surface area contributed by atoms with Crippen molar-refractivity contribution in [1.29, 1.82) is 0 Å². The Hall–Kier alpha value is -3.76. The van der Waals surface area contributed by atoms with E-state index in [1.54, 1.807) is 13.1 Å². The van der Waals surface area contributed by atoms with Gasteiger partial charge in [0.25, 0.3) is 10.0 Å². The van der Waals surface area contributed by atoms with Gasteiger partial charge in [-0.25, -0.2) is 18.1 Å². The first-order chi connectivity index (χ1) is 16.8. The molecule has 0 atom stereocenters. The number of hydrogen-bond donors (Lipinski definition) is 2. The summed E-state index contributed by atoms with van der Waals surface area (Å²) < 4.78 is 35.8. The van der Waals surface area contributed by atoms with Crippen LogP contribution in [0.1, 0.15) is 22.6 Å². The maximum atomic E-state index is 12.9. The normalized spacial score (nSPS) is 13.9. The van der Waals surface area contributed by atoms with Crippen molar-refractivity contribution < 1.29 is 13.2 Å². The fourth-order valence-corrected chi connectivity index (χ4v) is 4.97. The Morgan fingerprint density at radius 1 is 1.06 bits per heavy atom. The van der Waals surface area contributed by atoms with Gasteiger partial charge in [0, 0.05) is 43.9 Å². The van der Waals surface area contributed by atoms with Crippen molar-refractivity contribution in [2.45, 2.75) is 24.7 Å². The fraction of sp³-hybridized carbons (Fsp3) is 0.240. The number of rotatable bonds is 7. The summed E-state index contributed by atoms with van der Waals surface area (Å²) in [6.45, 7) is 5.92. The molecule has 0 unspecified atom stereocenters. The van der Waals surface area contributed by atoms with Crippen LogP contribution in [-0.2, 0) is 17.1 Å². The van der Waals surface area contributed by atoms with Gasteiger partial charge in [0.15, 0.2) is 0 Å². The molecule has 1 aliphatic heterocycles. The zero-order chi connectivity index (χ0) is 24.6. The van der Waals surface area contributed by atoms with Crippen molar-refractivity contribution in [2.24, 2.45) is 7.05 Å². The first-order valence-electron chi connectivity index (χ1n) is 11.2. The number of nitrogens with zero attached hydrogens (tertiary/aromatic N) is 4. The summed E-state index contributed by atoms with van der Waals surface area (Å²) in [5.41, 5.74) is 4.73. The molecule has 35 heavy (non-hydrogen) atoms. The summed E-state index contributed by atoms with van der Waals surface area (Å²) in [6.07, 6.45) is 2.68. The van der Waals surface area contributed by atoms with E-state index in [1.807, 2.05) is 56.3 Å². The lowest BCUT2D eigenvalue weighted by molar-refractivity contribution is 0.444. The van der Waals surface area contributed by atoms with E-state index in [0.29, 0.717) is 17.4 Å². The predicted molar refractivity (Wildman–Crippen MR) is 133 cm³/mol. The zero-order valence-electron chi connectivity index (χ0n) is 19.7. The number of nitrogens with one attached hydrogen (secondary N) is 2. The van der Waals surface area contributed by atoms with Crippen LogP contribution in [0.4, 0.5) is 5.95 Å². The molecule has 180 valence electrons. The van der Waals surface area contributed by atoms with Gasteiger partial charge in [-0.05, 0) is 42.7 Å². The van der Waals surface area contributed by atoms with Gasteiger partial charge in [-0.15, -0.1) is 0 Å². The molecular weight excluding hydrogens is 464 g/mol. The lowest BCUT2D eigenvalue weighted by Crippen LogP contribution is -2.39. The second kappa shape index (κ2) is 9.12. The van der Waals surface area contributed by atoms with Gasteiger partial charge in [-0.1, -0.05) is 30.3 Å². The van der Waals surface area contributed by atoms with Crippen molar-refractivity contribution >= 4 is 16.0 Å². The first kappa shape index (κ1) is 23.0. The molecule has 9 nitrogen and oxygen atoms in total. The molecule has 1 saturated heterocycles. The van der Waals surface area contributed by atoms with Crippen LogP contribution in [0.25, 0.3) is 11.3 Å². The lowest BCUT2D eigenvalue weighted by Gasteiger charge is -2.27. The Labute approximate surface area is 204 Å². The van der Waals surface area contributed by atoms with E-state index in [9.17, 15) is 8.42 Å². The molecule has 10 heteroatoms. The van der Waals surface area contributed by atoms with Crippen LogP contribution in [0.3, 0.4) is 0 Å². The van der Waals surface area contributed by atoms with E-state index < -0.39 is 10.0 Å². The molecule has 4 aromatic rings. The number of hydrogen-bond acceptors (Lipinski definition) is 7. The SMILES string of the molecule is Cc1cccc(C)c1-c1cc(Oc2ccc(C3CNC3)cc2)nc(NS(=O)(=O)c2cnn(C)c2)n1. The molecule has 5 rings (SSSR count). The Bertz CT molecular complexity index is 1460. The molecule has 0 aliphatic carbocycles. The number of aryl methyl sites for hydroxylation is 3. The third-order valence-electron chi connectivity index (χ3n) is 6.01. The summed E-state index contributed by atoms with van der Waals surface area (Å²) >= 11 is 0. The highest BCUT2D eigenvalue weighted by Crippen LogP contribution is 2.31. The van der Waals surface area contributed by atoms with Crippen LogP contribution in [0.5, 0.6) is 11.6 Å². The molecule has 2 aromatic heterocycles. The van der Waals surface area contributed by atoms with E-state index in [1.165, 1.54) is 22.6 Å². The number of sulfonamides is 1. The molecule has 1 aliphatic rings. The van der Waals surface area contributed by atoms with Gasteiger partial charge in [0.05, 0.1) is 11.9 Å². The van der Waals surface area contributed by atoms with Gasteiger partial charge in [0.2, 0.25) is 11.8 Å². The molecule has 0 radical (unpaired) electrons. The molecule has 1 fully saturated rings. The number of ether oxygens (including phenoxy) is 1. The summed E-state index contributed by atoms with van der Waals surface area (Å²) in [5.74, 6) is 1.28. The number of benzene rings is 2. The average Bonchev–Trinajstić information content (AvgIpc) is 3.21. The van der Waals surface area contributed by atoms with Crippen LogP contribution in [0, 0.1) is 13.8 Å². The summed E-state index contributed by atoms with van der Waals surface area (Å²) in [7, 11) is -2.28. The number of aromatic nitrogens is 4. The van der Waals surface area contributed by atoms with E-state index >= 15 is 0 Å². The molecule has 2 N–H and O–H groups in total. The van der Waals surface area contributed by atoms with Crippen LogP contribution >= 0.6 is 0 Å². The van der Waals surface area contributed by atoms with Crippen molar-refractivity contribution in [1.82, 2.24) is 25.1 Å². The van der Waals surface area contributed by atoms with Gasteiger partial charge >= 0.3 is 0 Å². The zero-order valence-corrected chi connectivity index (χ0v) is 20.5. The van der Waals surface area contributed by atoms with Crippen molar-refractivity contribution in [3.05, 3.63) is 77.6 Å². The molecule has 0 spiro atoms. The predicted octanol–water partition coefficient (Wildman–Crippen LogP) is 3.77. The van der Waals surface area contributed by atoms with Gasteiger partial charge in [-0.3, -0.25) is 4.68 Å². The fourth-order valence-electron chi connectivity index (χ4n) is 4.04. The highest BCUT2D eigenvalue weighted by molar-refractivity contribution is 7.92. The topological polar surface area (TPSA) is 111 Å². The van der Waals surface area contributed by atoms with Gasteiger partial charge in [0.1, 0.15) is 10.6 Å². The smallest absolute Gasteiger partial charge is 0.267 e. The molecule has 3 heterocycles. The Morgan fingerprint density at radius 2 is 1.77 bits per heavy atom. The maximum Gasteiger partial charge on any atom is 0.267 e. The first-order valence-corrected chi connectivity index (χ1v) is 12.7. The second-order valence-electron chi connectivity index (χ2n) is 8.66. The van der Waals surface area contributed by atoms with Crippen LogP contribution in [0.15, 0.2) is 65.8 Å². The highest BCUT2D eigenvalue weighted by Gasteiger charge is 2.21. The minimum absolute atomic E-state index is 0.0182. The quantitative estimate of drug-likeness (QED) is 0.406. The monoisotopic (exact) mass is 490 g/mol. The second-order valence-corrected chi connectivity index (χ2v) is 10.3. The Morgan fingerprint density at radius 3 is 2.37 bits per heavy atom. The Balaban J connectivity index is 1.51. The van der Waals surface area contributed by atoms with Crippen molar-refractivity contribution in [3.8, 4) is 22.9 Å². The van der Waals surface area contributed by atoms with Gasteiger partial charge in [-0.2, -0.15) is 10.1 Å². The van der Waals surface area contributed by atoms with Crippen LogP contribution in [-0.4, -0.2) is 41.3 Å². The van der Waals surface area contributed by atoms with E-state index in [-0.39, 0.29) is 16.7 Å². The van der Waals surface area contributed by atoms with Crippen molar-refractivity contribution in [3.63, 3.8) is 0 Å². The lowest BCUT2D eigenvalue weighted by atomic mass is 9.94. The minimum atomic E-state index is -3.93. The van der Waals surface area contributed by atoms with Crippen molar-refractivity contribution in [2.75, 3.05) is 17.8 Å². The highest BCUT2D eigenvalue weighted by atomic mass is 32.2. The molecular formula is C25H26N6O3S. The molecule has 0 saturated carbocycles. The Kier molecular flexibility index (Phi) is 6.00. The van der Waals surface area contributed by atoms with Gasteiger partial charge < -0.3 is 10.1 Å². The van der Waals surface area contributed by atoms with Crippen LogP contribution < -0.4 is 14.8 Å². The number of anilines is 1. The standard InChI is InChI=1S/C25H26N6O3S/c1-16-5-4-6-17(2)24(16)22-11-23(34-20-9-7-18(8-10-20)19-12-26-13-19)29-25(28-22)30-35(32,33)21-14-27-31(3)15-21/h4-11,14-15,19,26H,12-13H2,1-3H3,(H,28,29,30). The minimum Gasteiger partial charge on any atom is -0.439 e. The third kappa shape index (κ3) is 4.89. The summed E-state index contributed by atoms with van der Waals surface area (Å²) in [6, 6.07) is 15.5. The third-order valence-corrected chi connectivity index (χ3v) is 7.30. The maximum absolute atomic E-state index is 12.9. The molecule has 0 amide bonds.